The highest BCUT2D eigenvalue weighted by molar-refractivity contribution is 7.80. The van der Waals surface area contributed by atoms with Crippen LogP contribution in [0.25, 0.3) is 0 Å². The van der Waals surface area contributed by atoms with Crippen molar-refractivity contribution in [2.75, 3.05) is 32.6 Å². The van der Waals surface area contributed by atoms with Crippen molar-refractivity contribution < 1.29 is 19.1 Å². The molecule has 0 aliphatic carbocycles. The Hall–Kier alpha value is -3.91. The highest BCUT2D eigenvalue weighted by atomic mass is 32.1. The second kappa shape index (κ2) is 11.6. The van der Waals surface area contributed by atoms with Gasteiger partial charge < -0.3 is 19.7 Å². The molecule has 8 heteroatoms. The molecule has 0 heterocycles. The molecular weight excluding hydrogens is 438 g/mol. The molecule has 0 aromatic heterocycles. The first-order valence-corrected chi connectivity index (χ1v) is 10.7. The number of ether oxygens (including phenoxy) is 2. The van der Waals surface area contributed by atoms with Crippen LogP contribution < -0.4 is 20.1 Å². The number of carbonyl (C=O) groups excluding carboxylic acids is 2. The largest absolute Gasteiger partial charge is 0.490 e. The average molecular weight is 464 g/mol. The van der Waals surface area contributed by atoms with Crippen molar-refractivity contribution in [1.29, 1.82) is 0 Å². The van der Waals surface area contributed by atoms with Gasteiger partial charge in [0, 0.05) is 14.1 Å². The molecule has 0 spiro atoms. The van der Waals surface area contributed by atoms with Crippen molar-refractivity contribution >= 4 is 34.8 Å². The summed E-state index contributed by atoms with van der Waals surface area (Å²) < 4.78 is 11.4. The van der Waals surface area contributed by atoms with Crippen LogP contribution in [0.4, 0.5) is 5.69 Å². The first-order valence-electron chi connectivity index (χ1n) is 10.3. The van der Waals surface area contributed by atoms with E-state index in [1.807, 2.05) is 30.3 Å². The third-order valence-corrected chi connectivity index (χ3v) is 4.73. The molecule has 2 N–H and O–H groups in total. The van der Waals surface area contributed by atoms with Crippen LogP contribution in [0.15, 0.2) is 78.9 Å². The molecule has 170 valence electrons. The van der Waals surface area contributed by atoms with Crippen molar-refractivity contribution in [3.63, 3.8) is 0 Å². The molecule has 0 bridgehead atoms. The van der Waals surface area contributed by atoms with Crippen LogP contribution in [0.1, 0.15) is 20.7 Å². The minimum Gasteiger partial charge on any atom is -0.490 e. The van der Waals surface area contributed by atoms with Crippen molar-refractivity contribution in [3.05, 3.63) is 90.0 Å². The Morgan fingerprint density at radius 3 is 2.15 bits per heavy atom. The zero-order chi connectivity index (χ0) is 23.6. The maximum Gasteiger partial charge on any atom is 0.261 e. The number of hydrogen-bond donors (Lipinski definition) is 2. The highest BCUT2D eigenvalue weighted by Crippen LogP contribution is 2.19. The molecule has 2 amide bonds. The Labute approximate surface area is 198 Å². The molecule has 3 rings (SSSR count). The van der Waals surface area contributed by atoms with Gasteiger partial charge in [0.05, 0.1) is 16.8 Å². The summed E-state index contributed by atoms with van der Waals surface area (Å²) in [5.41, 5.74) is 1.28. The molecular formula is C25H25N3O4S. The number of carbonyl (C=O) groups is 2. The number of para-hydroxylation sites is 3. The molecule has 33 heavy (non-hydrogen) atoms. The van der Waals surface area contributed by atoms with E-state index in [0.29, 0.717) is 29.2 Å². The topological polar surface area (TPSA) is 79.9 Å². The van der Waals surface area contributed by atoms with Crippen LogP contribution >= 0.6 is 12.2 Å². The zero-order valence-corrected chi connectivity index (χ0v) is 19.2. The molecule has 0 unspecified atom stereocenters. The Kier molecular flexibility index (Phi) is 8.37. The van der Waals surface area contributed by atoms with E-state index in [4.69, 9.17) is 21.7 Å². The second-order valence-corrected chi connectivity index (χ2v) is 7.57. The maximum atomic E-state index is 12.8. The van der Waals surface area contributed by atoms with Gasteiger partial charge in [0.2, 0.25) is 0 Å². The molecule has 3 aromatic carbocycles. The summed E-state index contributed by atoms with van der Waals surface area (Å²) in [6.45, 7) is 0.596. The molecule has 0 fully saturated rings. The third-order valence-electron chi connectivity index (χ3n) is 4.52. The van der Waals surface area contributed by atoms with Crippen LogP contribution in [0, 0.1) is 0 Å². The summed E-state index contributed by atoms with van der Waals surface area (Å²) in [5, 5.41) is 5.64. The Morgan fingerprint density at radius 2 is 1.42 bits per heavy atom. The van der Waals surface area contributed by atoms with E-state index in [1.165, 1.54) is 4.90 Å². The summed E-state index contributed by atoms with van der Waals surface area (Å²) in [6, 6.07) is 23.2. The van der Waals surface area contributed by atoms with Gasteiger partial charge in [0.15, 0.2) is 5.11 Å². The van der Waals surface area contributed by atoms with Gasteiger partial charge in [-0.15, -0.1) is 0 Å². The second-order valence-electron chi connectivity index (χ2n) is 7.16. The lowest BCUT2D eigenvalue weighted by atomic mass is 10.1. The van der Waals surface area contributed by atoms with E-state index in [-0.39, 0.29) is 17.6 Å². The van der Waals surface area contributed by atoms with Gasteiger partial charge in [0.25, 0.3) is 11.8 Å². The minimum absolute atomic E-state index is 0.0706. The van der Waals surface area contributed by atoms with Crippen LogP contribution in [0.2, 0.25) is 0 Å². The fourth-order valence-electron chi connectivity index (χ4n) is 2.95. The fourth-order valence-corrected chi connectivity index (χ4v) is 3.15. The van der Waals surface area contributed by atoms with Gasteiger partial charge in [-0.25, -0.2) is 0 Å². The maximum absolute atomic E-state index is 12.8. The van der Waals surface area contributed by atoms with Crippen molar-refractivity contribution in [3.8, 4) is 11.5 Å². The number of thiocarbonyl (C=S) groups is 1. The predicted molar refractivity (Wildman–Crippen MR) is 132 cm³/mol. The lowest BCUT2D eigenvalue weighted by Crippen LogP contribution is -2.35. The molecule has 0 atom stereocenters. The smallest absolute Gasteiger partial charge is 0.261 e. The standard InChI is InChI=1S/C25H25N3O4S/c1-28(2)24(30)19-12-6-8-14-21(19)26-25(33)27-23(29)20-13-7-9-15-22(20)32-17-16-31-18-10-4-3-5-11-18/h3-15H,16-17H2,1-2H3,(H2,26,27,29,33). The normalized spacial score (nSPS) is 10.1. The van der Waals surface area contributed by atoms with E-state index in [2.05, 4.69) is 10.6 Å². The first-order chi connectivity index (χ1) is 16.0. The van der Waals surface area contributed by atoms with E-state index < -0.39 is 5.91 Å². The number of nitrogens with zero attached hydrogens (tertiary/aromatic N) is 1. The Balaban J connectivity index is 1.59. The average Bonchev–Trinajstić information content (AvgIpc) is 2.82. The summed E-state index contributed by atoms with van der Waals surface area (Å²) in [6.07, 6.45) is 0. The van der Waals surface area contributed by atoms with Crippen LogP contribution in [0.5, 0.6) is 11.5 Å². The Morgan fingerprint density at radius 1 is 0.818 bits per heavy atom. The molecule has 0 aliphatic rings. The number of anilines is 1. The first kappa shape index (κ1) is 23.7. The monoisotopic (exact) mass is 463 g/mol. The number of hydrogen-bond acceptors (Lipinski definition) is 5. The summed E-state index contributed by atoms with van der Waals surface area (Å²) in [5.74, 6) is 0.557. The summed E-state index contributed by atoms with van der Waals surface area (Å²) in [7, 11) is 3.34. The van der Waals surface area contributed by atoms with Crippen molar-refractivity contribution in [1.82, 2.24) is 10.2 Å². The highest BCUT2D eigenvalue weighted by Gasteiger charge is 2.16. The van der Waals surface area contributed by atoms with Gasteiger partial charge in [-0.05, 0) is 48.6 Å². The van der Waals surface area contributed by atoms with Crippen LogP contribution in [0.3, 0.4) is 0 Å². The number of nitrogens with one attached hydrogen (secondary N) is 2. The van der Waals surface area contributed by atoms with E-state index in [9.17, 15) is 9.59 Å². The molecule has 0 saturated carbocycles. The number of rotatable bonds is 8. The quantitative estimate of drug-likeness (QED) is 0.389. The van der Waals surface area contributed by atoms with Crippen molar-refractivity contribution in [2.24, 2.45) is 0 Å². The lowest BCUT2D eigenvalue weighted by Gasteiger charge is -2.16. The van der Waals surface area contributed by atoms with Gasteiger partial charge in [-0.1, -0.05) is 42.5 Å². The molecule has 0 aliphatic heterocycles. The molecule has 0 saturated heterocycles. The predicted octanol–water partition coefficient (Wildman–Crippen LogP) is 3.97. The van der Waals surface area contributed by atoms with E-state index in [1.54, 1.807) is 62.6 Å². The van der Waals surface area contributed by atoms with Gasteiger partial charge in [0.1, 0.15) is 24.7 Å². The van der Waals surface area contributed by atoms with Gasteiger partial charge in [-0.2, -0.15) is 0 Å². The number of amides is 2. The third kappa shape index (κ3) is 6.78. The fraction of sp³-hybridized carbons (Fsp3) is 0.160. The van der Waals surface area contributed by atoms with Gasteiger partial charge in [-0.3, -0.25) is 14.9 Å². The van der Waals surface area contributed by atoms with Crippen LogP contribution in [-0.2, 0) is 0 Å². The molecule has 3 aromatic rings. The Bertz CT molecular complexity index is 1120. The zero-order valence-electron chi connectivity index (χ0n) is 18.4. The minimum atomic E-state index is -0.427. The summed E-state index contributed by atoms with van der Waals surface area (Å²) in [4.78, 5) is 26.7. The molecule has 0 radical (unpaired) electrons. The summed E-state index contributed by atoms with van der Waals surface area (Å²) >= 11 is 5.30. The van der Waals surface area contributed by atoms with Gasteiger partial charge >= 0.3 is 0 Å². The molecule has 7 nitrogen and oxygen atoms in total. The number of benzene rings is 3. The lowest BCUT2D eigenvalue weighted by molar-refractivity contribution is 0.0828. The van der Waals surface area contributed by atoms with Crippen LogP contribution in [-0.4, -0.2) is 49.1 Å². The van der Waals surface area contributed by atoms with Crippen molar-refractivity contribution in [2.45, 2.75) is 0 Å². The SMILES string of the molecule is CN(C)C(=O)c1ccccc1NC(=S)NC(=O)c1ccccc1OCCOc1ccccc1. The van der Waals surface area contributed by atoms with E-state index >= 15 is 0 Å². The van der Waals surface area contributed by atoms with E-state index in [0.717, 1.165) is 5.75 Å².